The largest absolute Gasteiger partial charge is 0.388 e. The second kappa shape index (κ2) is 6.74. The molecule has 0 bridgehead atoms. The van der Waals surface area contributed by atoms with Crippen LogP contribution < -0.4 is 0 Å². The van der Waals surface area contributed by atoms with Crippen LogP contribution in [-0.4, -0.2) is 5.11 Å². The van der Waals surface area contributed by atoms with Gasteiger partial charge in [0.15, 0.2) is 0 Å². The van der Waals surface area contributed by atoms with Crippen molar-refractivity contribution in [3.63, 3.8) is 0 Å². The van der Waals surface area contributed by atoms with E-state index in [2.05, 4.69) is 28.7 Å². The summed E-state index contributed by atoms with van der Waals surface area (Å²) >= 11 is 2.31. The maximum absolute atomic E-state index is 10.2. The number of rotatable bonds is 4. The first-order valence-corrected chi connectivity index (χ1v) is 7.77. The fraction of sp³-hybridized carbons (Fsp3) is 0.600. The van der Waals surface area contributed by atoms with Gasteiger partial charge in [0.1, 0.15) is 0 Å². The van der Waals surface area contributed by atoms with Gasteiger partial charge in [0, 0.05) is 3.57 Å². The zero-order valence-electron chi connectivity index (χ0n) is 10.2. The molecule has 0 aromatic heterocycles. The molecule has 94 valence electrons. The van der Waals surface area contributed by atoms with Gasteiger partial charge in [0.2, 0.25) is 0 Å². The summed E-state index contributed by atoms with van der Waals surface area (Å²) in [5.41, 5.74) is 1.10. The lowest BCUT2D eigenvalue weighted by atomic mass is 9.85. The molecular weight excluding hydrogens is 323 g/mol. The third kappa shape index (κ3) is 3.95. The lowest BCUT2D eigenvalue weighted by Gasteiger charge is -2.23. The minimum atomic E-state index is -0.273. The molecule has 1 N–H and O–H groups in total. The third-order valence-electron chi connectivity index (χ3n) is 3.84. The highest BCUT2D eigenvalue weighted by Crippen LogP contribution is 2.31. The van der Waals surface area contributed by atoms with Gasteiger partial charge in [-0.25, -0.2) is 0 Å². The first-order valence-electron chi connectivity index (χ1n) is 6.70. The zero-order valence-corrected chi connectivity index (χ0v) is 12.4. The van der Waals surface area contributed by atoms with Gasteiger partial charge in [0.25, 0.3) is 0 Å². The van der Waals surface area contributed by atoms with Crippen LogP contribution in [0.1, 0.15) is 56.6 Å². The average molecular weight is 344 g/mol. The molecule has 1 aromatic rings. The van der Waals surface area contributed by atoms with Crippen molar-refractivity contribution in [2.24, 2.45) is 5.92 Å². The molecule has 2 heteroatoms. The van der Waals surface area contributed by atoms with Gasteiger partial charge >= 0.3 is 0 Å². The summed E-state index contributed by atoms with van der Waals surface area (Å²) in [7, 11) is 0. The molecule has 1 fully saturated rings. The lowest BCUT2D eigenvalue weighted by molar-refractivity contribution is 0.150. The Labute approximate surface area is 118 Å². The van der Waals surface area contributed by atoms with Crippen molar-refractivity contribution in [3.8, 4) is 0 Å². The number of hydrogen-bond acceptors (Lipinski definition) is 1. The van der Waals surface area contributed by atoms with Gasteiger partial charge in [-0.15, -0.1) is 0 Å². The Morgan fingerprint density at radius 1 is 1.18 bits per heavy atom. The molecular formula is C15H21IO. The Balaban J connectivity index is 1.84. The molecule has 0 heterocycles. The number of benzene rings is 1. The first-order chi connectivity index (χ1) is 8.27. The van der Waals surface area contributed by atoms with Crippen LogP contribution in [0, 0.1) is 9.49 Å². The summed E-state index contributed by atoms with van der Waals surface area (Å²) in [6.07, 6.45) is 8.78. The van der Waals surface area contributed by atoms with Crippen molar-refractivity contribution in [3.05, 3.63) is 33.4 Å². The standard InChI is InChI=1S/C15H21IO/c16-14-9-5-4-8-13(14)15(17)11-10-12-6-2-1-3-7-12/h4-5,8-9,12,15,17H,1-3,6-7,10-11H2/t15-/m0/s1. The number of halogens is 1. The highest BCUT2D eigenvalue weighted by molar-refractivity contribution is 14.1. The summed E-state index contributed by atoms with van der Waals surface area (Å²) in [5, 5.41) is 10.2. The Bertz CT molecular complexity index is 345. The van der Waals surface area contributed by atoms with Crippen molar-refractivity contribution in [2.45, 2.75) is 51.0 Å². The normalized spacial score (nSPS) is 19.2. The van der Waals surface area contributed by atoms with Crippen LogP contribution in [-0.2, 0) is 0 Å². The van der Waals surface area contributed by atoms with E-state index in [1.165, 1.54) is 42.1 Å². The van der Waals surface area contributed by atoms with Crippen LogP contribution in [0.5, 0.6) is 0 Å². The number of aliphatic hydroxyl groups is 1. The summed E-state index contributed by atoms with van der Waals surface area (Å²) in [6, 6.07) is 8.16. The van der Waals surface area contributed by atoms with Crippen molar-refractivity contribution in [1.82, 2.24) is 0 Å². The Kier molecular flexibility index (Phi) is 5.29. The highest BCUT2D eigenvalue weighted by atomic mass is 127. The minimum absolute atomic E-state index is 0.273. The maximum atomic E-state index is 10.2. The predicted octanol–water partition coefficient (Wildman–Crippen LogP) is 4.69. The number of hydrogen-bond donors (Lipinski definition) is 1. The van der Waals surface area contributed by atoms with E-state index >= 15 is 0 Å². The lowest BCUT2D eigenvalue weighted by Crippen LogP contribution is -2.09. The molecule has 0 amide bonds. The minimum Gasteiger partial charge on any atom is -0.388 e. The van der Waals surface area contributed by atoms with E-state index in [1.807, 2.05) is 18.2 Å². The quantitative estimate of drug-likeness (QED) is 0.786. The van der Waals surface area contributed by atoms with Crippen molar-refractivity contribution in [1.29, 1.82) is 0 Å². The van der Waals surface area contributed by atoms with Gasteiger partial charge in [-0.2, -0.15) is 0 Å². The molecule has 0 saturated heterocycles. The second-order valence-electron chi connectivity index (χ2n) is 5.12. The summed E-state index contributed by atoms with van der Waals surface area (Å²) < 4.78 is 1.18. The molecule has 1 aliphatic carbocycles. The third-order valence-corrected chi connectivity index (χ3v) is 4.82. The summed E-state index contributed by atoms with van der Waals surface area (Å²) in [6.45, 7) is 0. The van der Waals surface area contributed by atoms with E-state index in [0.717, 1.165) is 17.9 Å². The van der Waals surface area contributed by atoms with Gasteiger partial charge in [-0.1, -0.05) is 50.3 Å². The molecule has 1 aromatic carbocycles. The second-order valence-corrected chi connectivity index (χ2v) is 6.28. The molecule has 0 spiro atoms. The Hall–Kier alpha value is -0.0900. The highest BCUT2D eigenvalue weighted by Gasteiger charge is 2.16. The monoisotopic (exact) mass is 344 g/mol. The van der Waals surface area contributed by atoms with E-state index in [-0.39, 0.29) is 6.10 Å². The average Bonchev–Trinajstić information content (AvgIpc) is 2.38. The fourth-order valence-electron chi connectivity index (χ4n) is 2.77. The Morgan fingerprint density at radius 3 is 2.59 bits per heavy atom. The maximum Gasteiger partial charge on any atom is 0.0800 e. The topological polar surface area (TPSA) is 20.2 Å². The molecule has 2 rings (SSSR count). The van der Waals surface area contributed by atoms with Gasteiger partial charge in [-0.05, 0) is 53.0 Å². The Morgan fingerprint density at radius 2 is 1.88 bits per heavy atom. The van der Waals surface area contributed by atoms with Crippen LogP contribution in [0.3, 0.4) is 0 Å². The molecule has 0 unspecified atom stereocenters. The smallest absolute Gasteiger partial charge is 0.0800 e. The van der Waals surface area contributed by atoms with Crippen LogP contribution in [0.15, 0.2) is 24.3 Å². The first kappa shape index (κ1) is 13.3. The van der Waals surface area contributed by atoms with Crippen LogP contribution in [0.25, 0.3) is 0 Å². The van der Waals surface area contributed by atoms with Crippen molar-refractivity contribution < 1.29 is 5.11 Å². The van der Waals surface area contributed by atoms with Crippen LogP contribution in [0.2, 0.25) is 0 Å². The number of aliphatic hydroxyl groups excluding tert-OH is 1. The van der Waals surface area contributed by atoms with E-state index < -0.39 is 0 Å². The summed E-state index contributed by atoms with van der Waals surface area (Å²) in [5.74, 6) is 0.861. The van der Waals surface area contributed by atoms with E-state index in [1.54, 1.807) is 0 Å². The molecule has 17 heavy (non-hydrogen) atoms. The molecule has 0 aliphatic heterocycles. The molecule has 1 aliphatic rings. The van der Waals surface area contributed by atoms with E-state index in [0.29, 0.717) is 0 Å². The van der Waals surface area contributed by atoms with Gasteiger partial charge in [0.05, 0.1) is 6.10 Å². The van der Waals surface area contributed by atoms with Crippen LogP contribution >= 0.6 is 22.6 Å². The van der Waals surface area contributed by atoms with Gasteiger partial charge < -0.3 is 5.11 Å². The fourth-order valence-corrected chi connectivity index (χ4v) is 3.52. The molecule has 0 radical (unpaired) electrons. The molecule has 1 atom stereocenters. The van der Waals surface area contributed by atoms with Crippen molar-refractivity contribution in [2.75, 3.05) is 0 Å². The molecule has 1 nitrogen and oxygen atoms in total. The SMILES string of the molecule is O[C@@H](CCC1CCCCC1)c1ccccc1I. The van der Waals surface area contributed by atoms with E-state index in [9.17, 15) is 5.11 Å². The zero-order chi connectivity index (χ0) is 12.1. The van der Waals surface area contributed by atoms with Crippen molar-refractivity contribution >= 4 is 22.6 Å². The summed E-state index contributed by atoms with van der Waals surface area (Å²) in [4.78, 5) is 0. The van der Waals surface area contributed by atoms with E-state index in [4.69, 9.17) is 0 Å². The predicted molar refractivity (Wildman–Crippen MR) is 79.9 cm³/mol. The molecule has 1 saturated carbocycles. The van der Waals surface area contributed by atoms with Gasteiger partial charge in [-0.3, -0.25) is 0 Å². The van der Waals surface area contributed by atoms with Crippen LogP contribution in [0.4, 0.5) is 0 Å².